The SMILES string of the molecule is COC(OC)C(C)NC(=O)C1CNc2ccccc21. The molecule has 1 amide bonds. The highest BCUT2D eigenvalue weighted by Gasteiger charge is 2.30. The predicted octanol–water partition coefficient (Wildman–Crippen LogP) is 1.32. The third kappa shape index (κ3) is 2.88. The largest absolute Gasteiger partial charge is 0.384 e. The van der Waals surface area contributed by atoms with Crippen molar-refractivity contribution in [1.82, 2.24) is 5.32 Å². The number of carbonyl (C=O) groups excluding carboxylic acids is 1. The molecule has 2 rings (SSSR count). The summed E-state index contributed by atoms with van der Waals surface area (Å²) in [6, 6.07) is 7.67. The first-order valence-corrected chi connectivity index (χ1v) is 6.36. The zero-order valence-corrected chi connectivity index (χ0v) is 11.5. The van der Waals surface area contributed by atoms with Crippen LogP contribution in [0.3, 0.4) is 0 Å². The third-order valence-electron chi connectivity index (χ3n) is 3.39. The van der Waals surface area contributed by atoms with Gasteiger partial charge in [0.15, 0.2) is 6.29 Å². The smallest absolute Gasteiger partial charge is 0.229 e. The fourth-order valence-corrected chi connectivity index (χ4v) is 2.42. The summed E-state index contributed by atoms with van der Waals surface area (Å²) in [5, 5.41) is 6.17. The first kappa shape index (κ1) is 13.8. The molecule has 0 bridgehead atoms. The molecule has 2 unspecified atom stereocenters. The zero-order valence-electron chi connectivity index (χ0n) is 11.5. The topological polar surface area (TPSA) is 59.6 Å². The van der Waals surface area contributed by atoms with Crippen molar-refractivity contribution < 1.29 is 14.3 Å². The standard InChI is InChI=1S/C14H20N2O3/c1-9(14(18-2)19-3)16-13(17)11-8-15-12-7-5-4-6-10(11)12/h4-7,9,11,14-15H,8H2,1-3H3,(H,16,17). The number of hydrogen-bond acceptors (Lipinski definition) is 4. The molecule has 0 saturated carbocycles. The Hall–Kier alpha value is -1.59. The van der Waals surface area contributed by atoms with Crippen molar-refractivity contribution in [2.75, 3.05) is 26.1 Å². The van der Waals surface area contributed by atoms with E-state index in [-0.39, 0.29) is 17.9 Å². The summed E-state index contributed by atoms with van der Waals surface area (Å²) in [6.07, 6.45) is -0.437. The zero-order chi connectivity index (χ0) is 13.8. The number of fused-ring (bicyclic) bond motifs is 1. The molecule has 2 N–H and O–H groups in total. The van der Waals surface area contributed by atoms with Gasteiger partial charge in [0.2, 0.25) is 5.91 Å². The van der Waals surface area contributed by atoms with Gasteiger partial charge in [-0.3, -0.25) is 4.79 Å². The van der Waals surface area contributed by atoms with Crippen LogP contribution in [0, 0.1) is 0 Å². The van der Waals surface area contributed by atoms with Gasteiger partial charge in [0, 0.05) is 26.5 Å². The number of rotatable bonds is 5. The van der Waals surface area contributed by atoms with Crippen molar-refractivity contribution in [2.24, 2.45) is 0 Å². The number of anilines is 1. The lowest BCUT2D eigenvalue weighted by atomic mass is 10.0. The lowest BCUT2D eigenvalue weighted by Crippen LogP contribution is -2.45. The van der Waals surface area contributed by atoms with Crippen molar-refractivity contribution in [3.05, 3.63) is 29.8 Å². The molecule has 104 valence electrons. The van der Waals surface area contributed by atoms with E-state index in [1.54, 1.807) is 14.2 Å². The van der Waals surface area contributed by atoms with Crippen LogP contribution in [-0.4, -0.2) is 39.0 Å². The van der Waals surface area contributed by atoms with E-state index in [0.717, 1.165) is 11.3 Å². The molecule has 0 aliphatic carbocycles. The van der Waals surface area contributed by atoms with Crippen molar-refractivity contribution in [3.63, 3.8) is 0 Å². The maximum atomic E-state index is 12.3. The van der Waals surface area contributed by atoms with Gasteiger partial charge in [0.05, 0.1) is 12.0 Å². The predicted molar refractivity (Wildman–Crippen MR) is 73.1 cm³/mol. The number of para-hydroxylation sites is 1. The Labute approximate surface area is 113 Å². The van der Waals surface area contributed by atoms with E-state index < -0.39 is 6.29 Å². The number of amides is 1. The fourth-order valence-electron chi connectivity index (χ4n) is 2.42. The number of hydrogen-bond donors (Lipinski definition) is 2. The quantitative estimate of drug-likeness (QED) is 0.787. The number of ether oxygens (including phenoxy) is 2. The molecule has 5 nitrogen and oxygen atoms in total. The Balaban J connectivity index is 2.02. The van der Waals surface area contributed by atoms with E-state index in [1.165, 1.54) is 0 Å². The Morgan fingerprint density at radius 2 is 2.05 bits per heavy atom. The van der Waals surface area contributed by atoms with Gasteiger partial charge in [-0.1, -0.05) is 18.2 Å². The maximum Gasteiger partial charge on any atom is 0.229 e. The summed E-state index contributed by atoms with van der Waals surface area (Å²) in [5.41, 5.74) is 2.07. The van der Waals surface area contributed by atoms with Gasteiger partial charge in [-0.2, -0.15) is 0 Å². The molecule has 0 spiro atoms. The normalized spacial score (nSPS) is 18.8. The van der Waals surface area contributed by atoms with E-state index >= 15 is 0 Å². The number of benzene rings is 1. The molecule has 5 heteroatoms. The fraction of sp³-hybridized carbons (Fsp3) is 0.500. The number of carbonyl (C=O) groups is 1. The van der Waals surface area contributed by atoms with Crippen LogP contribution >= 0.6 is 0 Å². The summed E-state index contributed by atoms with van der Waals surface area (Å²) in [7, 11) is 3.12. The van der Waals surface area contributed by atoms with Crippen LogP contribution in [0.15, 0.2) is 24.3 Å². The van der Waals surface area contributed by atoms with E-state index in [4.69, 9.17) is 9.47 Å². The molecule has 0 aromatic heterocycles. The summed E-state index contributed by atoms with van der Waals surface area (Å²) < 4.78 is 10.3. The minimum atomic E-state index is -0.437. The number of nitrogens with one attached hydrogen (secondary N) is 2. The van der Waals surface area contributed by atoms with Crippen molar-refractivity contribution >= 4 is 11.6 Å². The molecule has 1 aromatic rings. The first-order chi connectivity index (χ1) is 9.17. The van der Waals surface area contributed by atoms with E-state index in [2.05, 4.69) is 10.6 Å². The molecule has 19 heavy (non-hydrogen) atoms. The molecule has 1 aliphatic rings. The van der Waals surface area contributed by atoms with Gasteiger partial charge in [0.1, 0.15) is 0 Å². The van der Waals surface area contributed by atoms with E-state index in [0.29, 0.717) is 6.54 Å². The van der Waals surface area contributed by atoms with Gasteiger partial charge in [-0.05, 0) is 18.6 Å². The Bertz CT molecular complexity index is 446. The maximum absolute atomic E-state index is 12.3. The minimum Gasteiger partial charge on any atom is -0.384 e. The molecule has 1 aromatic carbocycles. The average molecular weight is 264 g/mol. The highest BCUT2D eigenvalue weighted by atomic mass is 16.7. The second kappa shape index (κ2) is 6.04. The molecule has 1 aliphatic heterocycles. The van der Waals surface area contributed by atoms with Crippen molar-refractivity contribution in [2.45, 2.75) is 25.2 Å². The summed E-state index contributed by atoms with van der Waals surface area (Å²) in [6.45, 7) is 2.49. The minimum absolute atomic E-state index is 0.0101. The molecular weight excluding hydrogens is 244 g/mol. The summed E-state index contributed by atoms with van der Waals surface area (Å²) in [4.78, 5) is 12.3. The Morgan fingerprint density at radius 3 is 2.74 bits per heavy atom. The molecular formula is C14H20N2O3. The number of methoxy groups -OCH3 is 2. The molecule has 0 fully saturated rings. The van der Waals surface area contributed by atoms with E-state index in [1.807, 2.05) is 31.2 Å². The highest BCUT2D eigenvalue weighted by Crippen LogP contribution is 2.31. The second-order valence-corrected chi connectivity index (χ2v) is 4.66. The van der Waals surface area contributed by atoms with Crippen LogP contribution in [0.2, 0.25) is 0 Å². The summed E-state index contributed by atoms with van der Waals surface area (Å²) in [5.74, 6) is -0.169. The molecule has 0 radical (unpaired) electrons. The molecule has 1 heterocycles. The highest BCUT2D eigenvalue weighted by molar-refractivity contribution is 5.88. The van der Waals surface area contributed by atoms with Crippen molar-refractivity contribution in [3.8, 4) is 0 Å². The molecule has 0 saturated heterocycles. The van der Waals surface area contributed by atoms with Crippen LogP contribution < -0.4 is 10.6 Å². The monoisotopic (exact) mass is 264 g/mol. The van der Waals surface area contributed by atoms with Crippen LogP contribution in [-0.2, 0) is 14.3 Å². The van der Waals surface area contributed by atoms with Gasteiger partial charge < -0.3 is 20.1 Å². The van der Waals surface area contributed by atoms with Gasteiger partial charge >= 0.3 is 0 Å². The molecule has 2 atom stereocenters. The second-order valence-electron chi connectivity index (χ2n) is 4.66. The van der Waals surface area contributed by atoms with Crippen LogP contribution in [0.4, 0.5) is 5.69 Å². The van der Waals surface area contributed by atoms with Crippen LogP contribution in [0.5, 0.6) is 0 Å². The van der Waals surface area contributed by atoms with Gasteiger partial charge in [-0.15, -0.1) is 0 Å². The van der Waals surface area contributed by atoms with Gasteiger partial charge in [0.25, 0.3) is 0 Å². The lowest BCUT2D eigenvalue weighted by Gasteiger charge is -2.23. The Morgan fingerprint density at radius 1 is 1.37 bits per heavy atom. The Kier molecular flexibility index (Phi) is 4.39. The van der Waals surface area contributed by atoms with Crippen LogP contribution in [0.1, 0.15) is 18.4 Å². The van der Waals surface area contributed by atoms with E-state index in [9.17, 15) is 4.79 Å². The third-order valence-corrected chi connectivity index (χ3v) is 3.39. The lowest BCUT2D eigenvalue weighted by molar-refractivity contribution is -0.136. The van der Waals surface area contributed by atoms with Crippen LogP contribution in [0.25, 0.3) is 0 Å². The van der Waals surface area contributed by atoms with Crippen molar-refractivity contribution in [1.29, 1.82) is 0 Å². The van der Waals surface area contributed by atoms with Gasteiger partial charge in [-0.25, -0.2) is 0 Å². The average Bonchev–Trinajstić information content (AvgIpc) is 2.84. The first-order valence-electron chi connectivity index (χ1n) is 6.36. The summed E-state index contributed by atoms with van der Waals surface area (Å²) >= 11 is 0.